The van der Waals surface area contributed by atoms with Crippen molar-refractivity contribution < 1.29 is 24.2 Å². The summed E-state index contributed by atoms with van der Waals surface area (Å²) in [7, 11) is 2.99. The molecule has 116 valence electrons. The molecule has 0 unspecified atom stereocenters. The van der Waals surface area contributed by atoms with Gasteiger partial charge in [-0.2, -0.15) is 0 Å². The van der Waals surface area contributed by atoms with E-state index in [2.05, 4.69) is 10.6 Å². The topological polar surface area (TPSA) is 96.9 Å². The third-order valence-corrected chi connectivity index (χ3v) is 2.88. The molecular weight excluding hydrogens is 276 g/mol. The fourth-order valence-corrected chi connectivity index (χ4v) is 1.71. The van der Waals surface area contributed by atoms with Gasteiger partial charge in [-0.1, -0.05) is 13.8 Å². The number of carboxylic acids is 1. The van der Waals surface area contributed by atoms with Crippen LogP contribution in [0.3, 0.4) is 0 Å². The molecule has 1 rings (SSSR count). The van der Waals surface area contributed by atoms with Crippen LogP contribution in [0.4, 0.5) is 10.5 Å². The molecule has 1 atom stereocenters. The van der Waals surface area contributed by atoms with Gasteiger partial charge in [-0.15, -0.1) is 0 Å². The SMILES string of the molecule is COc1ccc(NC(=O)N[C@@H](C(=O)O)C(C)C)c(OC)c1. The first-order chi connectivity index (χ1) is 9.88. The third kappa shape index (κ3) is 4.55. The molecule has 0 aliphatic carbocycles. The number of nitrogens with one attached hydrogen (secondary N) is 2. The molecule has 2 amide bonds. The van der Waals surface area contributed by atoms with Crippen LogP contribution in [0.2, 0.25) is 0 Å². The molecule has 0 saturated heterocycles. The van der Waals surface area contributed by atoms with E-state index in [9.17, 15) is 9.59 Å². The summed E-state index contributed by atoms with van der Waals surface area (Å²) in [6.07, 6.45) is 0. The van der Waals surface area contributed by atoms with Crippen LogP contribution in [-0.4, -0.2) is 37.4 Å². The fourth-order valence-electron chi connectivity index (χ4n) is 1.71. The van der Waals surface area contributed by atoms with E-state index in [0.29, 0.717) is 17.2 Å². The largest absolute Gasteiger partial charge is 0.497 e. The summed E-state index contributed by atoms with van der Waals surface area (Å²) in [6, 6.07) is 3.32. The molecule has 1 aromatic carbocycles. The van der Waals surface area contributed by atoms with Crippen LogP contribution >= 0.6 is 0 Å². The Morgan fingerprint density at radius 2 is 1.86 bits per heavy atom. The Bertz CT molecular complexity index is 516. The fraction of sp³-hybridized carbons (Fsp3) is 0.429. The molecule has 0 bridgehead atoms. The van der Waals surface area contributed by atoms with Crippen LogP contribution in [0.5, 0.6) is 11.5 Å². The lowest BCUT2D eigenvalue weighted by Crippen LogP contribution is -2.46. The van der Waals surface area contributed by atoms with Crippen LogP contribution in [0.15, 0.2) is 18.2 Å². The number of benzene rings is 1. The maximum atomic E-state index is 11.9. The Labute approximate surface area is 123 Å². The molecule has 0 aliphatic rings. The Kier molecular flexibility index (Phi) is 5.83. The number of hydrogen-bond donors (Lipinski definition) is 3. The summed E-state index contributed by atoms with van der Waals surface area (Å²) in [6.45, 7) is 3.43. The second-order valence-electron chi connectivity index (χ2n) is 4.72. The Morgan fingerprint density at radius 1 is 1.19 bits per heavy atom. The molecule has 0 fully saturated rings. The summed E-state index contributed by atoms with van der Waals surface area (Å²) < 4.78 is 10.2. The van der Waals surface area contributed by atoms with Crippen LogP contribution < -0.4 is 20.1 Å². The van der Waals surface area contributed by atoms with Gasteiger partial charge in [0.2, 0.25) is 0 Å². The van der Waals surface area contributed by atoms with Gasteiger partial charge >= 0.3 is 12.0 Å². The minimum Gasteiger partial charge on any atom is -0.497 e. The average Bonchev–Trinajstić information content (AvgIpc) is 2.44. The van der Waals surface area contributed by atoms with Gasteiger partial charge in [0.25, 0.3) is 0 Å². The quantitative estimate of drug-likeness (QED) is 0.745. The normalized spacial score (nSPS) is 11.7. The van der Waals surface area contributed by atoms with Crippen LogP contribution in [0.1, 0.15) is 13.8 Å². The smallest absolute Gasteiger partial charge is 0.326 e. The number of hydrogen-bond acceptors (Lipinski definition) is 4. The van der Waals surface area contributed by atoms with Crippen molar-refractivity contribution >= 4 is 17.7 Å². The Hall–Kier alpha value is -2.44. The molecule has 7 heteroatoms. The van der Waals surface area contributed by atoms with Crippen LogP contribution in [0, 0.1) is 5.92 Å². The van der Waals surface area contributed by atoms with E-state index < -0.39 is 18.0 Å². The Balaban J connectivity index is 2.81. The number of carbonyl (C=O) groups excluding carboxylic acids is 1. The number of ether oxygens (including phenoxy) is 2. The van der Waals surface area contributed by atoms with E-state index in [1.165, 1.54) is 14.2 Å². The van der Waals surface area contributed by atoms with Gasteiger partial charge in [0.05, 0.1) is 19.9 Å². The van der Waals surface area contributed by atoms with E-state index in [1.807, 2.05) is 0 Å². The molecule has 0 aliphatic heterocycles. The van der Waals surface area contributed by atoms with Crippen molar-refractivity contribution in [1.29, 1.82) is 0 Å². The number of aliphatic carboxylic acids is 1. The van der Waals surface area contributed by atoms with Gasteiger partial charge in [0, 0.05) is 6.07 Å². The summed E-state index contributed by atoms with van der Waals surface area (Å²) in [4.78, 5) is 22.9. The third-order valence-electron chi connectivity index (χ3n) is 2.88. The van der Waals surface area contributed by atoms with Crippen molar-refractivity contribution in [2.24, 2.45) is 5.92 Å². The maximum Gasteiger partial charge on any atom is 0.326 e. The maximum absolute atomic E-state index is 11.9. The molecule has 21 heavy (non-hydrogen) atoms. The molecular formula is C14H20N2O5. The molecule has 7 nitrogen and oxygen atoms in total. The predicted octanol–water partition coefficient (Wildman–Crippen LogP) is 1.93. The number of urea groups is 1. The van der Waals surface area contributed by atoms with Crippen molar-refractivity contribution in [1.82, 2.24) is 5.32 Å². The van der Waals surface area contributed by atoms with Crippen LogP contribution in [-0.2, 0) is 4.79 Å². The molecule has 0 heterocycles. The van der Waals surface area contributed by atoms with Crippen molar-refractivity contribution in [3.05, 3.63) is 18.2 Å². The molecule has 0 spiro atoms. The number of rotatable bonds is 6. The highest BCUT2D eigenvalue weighted by Crippen LogP contribution is 2.28. The average molecular weight is 296 g/mol. The monoisotopic (exact) mass is 296 g/mol. The summed E-state index contributed by atoms with van der Waals surface area (Å²) in [5.74, 6) is -0.308. The van der Waals surface area contributed by atoms with Gasteiger partial charge in [-0.05, 0) is 18.1 Å². The summed E-state index contributed by atoms with van der Waals surface area (Å²) in [5.41, 5.74) is 0.420. The second kappa shape index (κ2) is 7.37. The van der Waals surface area contributed by atoms with Crippen molar-refractivity contribution in [3.8, 4) is 11.5 Å². The molecule has 0 aromatic heterocycles. The first-order valence-corrected chi connectivity index (χ1v) is 6.41. The number of amides is 2. The lowest BCUT2D eigenvalue weighted by atomic mass is 10.1. The molecule has 1 aromatic rings. The second-order valence-corrected chi connectivity index (χ2v) is 4.72. The van der Waals surface area contributed by atoms with Crippen molar-refractivity contribution in [2.45, 2.75) is 19.9 Å². The zero-order chi connectivity index (χ0) is 16.0. The standard InChI is InChI=1S/C14H20N2O5/c1-8(2)12(13(17)18)16-14(19)15-10-6-5-9(20-3)7-11(10)21-4/h5-8,12H,1-4H3,(H,17,18)(H2,15,16,19)/t12-/m1/s1. The molecule has 0 radical (unpaired) electrons. The van der Waals surface area contributed by atoms with Crippen molar-refractivity contribution in [3.63, 3.8) is 0 Å². The number of carbonyl (C=O) groups is 2. The van der Waals surface area contributed by atoms with E-state index in [-0.39, 0.29) is 5.92 Å². The molecule has 3 N–H and O–H groups in total. The van der Waals surface area contributed by atoms with Gasteiger partial charge in [0.15, 0.2) is 0 Å². The predicted molar refractivity (Wildman–Crippen MR) is 78.0 cm³/mol. The van der Waals surface area contributed by atoms with Crippen molar-refractivity contribution in [2.75, 3.05) is 19.5 Å². The lowest BCUT2D eigenvalue weighted by Gasteiger charge is -2.19. The number of methoxy groups -OCH3 is 2. The Morgan fingerprint density at radius 3 is 2.33 bits per heavy atom. The van der Waals surface area contributed by atoms with Gasteiger partial charge < -0.3 is 25.2 Å². The minimum atomic E-state index is -1.08. The van der Waals surface area contributed by atoms with Crippen LogP contribution in [0.25, 0.3) is 0 Å². The van der Waals surface area contributed by atoms with E-state index >= 15 is 0 Å². The van der Waals surface area contributed by atoms with E-state index in [1.54, 1.807) is 32.0 Å². The first kappa shape index (κ1) is 16.6. The highest BCUT2D eigenvalue weighted by atomic mass is 16.5. The number of carboxylic acid groups (broad SMARTS) is 1. The van der Waals surface area contributed by atoms with Gasteiger partial charge in [0.1, 0.15) is 17.5 Å². The van der Waals surface area contributed by atoms with Gasteiger partial charge in [-0.3, -0.25) is 0 Å². The number of anilines is 1. The highest BCUT2D eigenvalue weighted by molar-refractivity contribution is 5.93. The summed E-state index contributed by atoms with van der Waals surface area (Å²) >= 11 is 0. The van der Waals surface area contributed by atoms with Gasteiger partial charge in [-0.25, -0.2) is 9.59 Å². The zero-order valence-corrected chi connectivity index (χ0v) is 12.5. The highest BCUT2D eigenvalue weighted by Gasteiger charge is 2.23. The lowest BCUT2D eigenvalue weighted by molar-refractivity contribution is -0.140. The minimum absolute atomic E-state index is 0.231. The van der Waals surface area contributed by atoms with E-state index in [0.717, 1.165) is 0 Å². The first-order valence-electron chi connectivity index (χ1n) is 6.41. The van der Waals surface area contributed by atoms with E-state index in [4.69, 9.17) is 14.6 Å². The molecule has 0 saturated carbocycles. The zero-order valence-electron chi connectivity index (χ0n) is 12.5. The summed E-state index contributed by atoms with van der Waals surface area (Å²) in [5, 5.41) is 14.0.